The minimum absolute atomic E-state index is 0.0794. The average Bonchev–Trinajstić information content (AvgIpc) is 3.37. The summed E-state index contributed by atoms with van der Waals surface area (Å²) in [5, 5.41) is 11.3. The van der Waals surface area contributed by atoms with E-state index in [0.29, 0.717) is 18.2 Å². The fourth-order valence-electron chi connectivity index (χ4n) is 3.30. The highest BCUT2D eigenvalue weighted by Gasteiger charge is 2.22. The van der Waals surface area contributed by atoms with Gasteiger partial charge in [0.2, 0.25) is 17.7 Å². The number of para-hydroxylation sites is 2. The Morgan fingerprint density at radius 3 is 2.60 bits per heavy atom. The lowest BCUT2D eigenvalue weighted by Crippen LogP contribution is -2.32. The second kappa shape index (κ2) is 8.49. The molecule has 0 unspecified atom stereocenters. The second-order valence-corrected chi connectivity index (χ2v) is 7.80. The van der Waals surface area contributed by atoms with Gasteiger partial charge in [-0.15, -0.1) is 10.2 Å². The van der Waals surface area contributed by atoms with Crippen molar-refractivity contribution >= 4 is 16.9 Å². The summed E-state index contributed by atoms with van der Waals surface area (Å²) in [6.07, 6.45) is 0.647. The Bertz CT molecular complexity index is 1110. The van der Waals surface area contributed by atoms with Crippen LogP contribution in [0.1, 0.15) is 43.6 Å². The molecule has 30 heavy (non-hydrogen) atoms. The van der Waals surface area contributed by atoms with Crippen LogP contribution in [0.15, 0.2) is 52.9 Å². The number of aromatic nitrogens is 4. The van der Waals surface area contributed by atoms with E-state index < -0.39 is 0 Å². The number of aryl methyl sites for hydroxylation is 2. The van der Waals surface area contributed by atoms with Gasteiger partial charge in [-0.2, -0.15) is 0 Å². The molecule has 0 radical (unpaired) electrons. The minimum Gasteiger partial charge on any atom is -0.421 e. The van der Waals surface area contributed by atoms with Gasteiger partial charge in [0.15, 0.2) is 0 Å². The molecule has 2 aromatic heterocycles. The van der Waals surface area contributed by atoms with Crippen molar-refractivity contribution in [2.45, 2.75) is 39.7 Å². The van der Waals surface area contributed by atoms with Crippen molar-refractivity contribution in [1.29, 1.82) is 0 Å². The number of fused-ring (bicyclic) bond motifs is 1. The fourth-order valence-corrected chi connectivity index (χ4v) is 3.30. The number of carbonyl (C=O) groups is 1. The third-order valence-corrected chi connectivity index (χ3v) is 5.02. The molecule has 1 amide bonds. The molecular formula is C23H25N5O2. The number of rotatable bonds is 7. The summed E-state index contributed by atoms with van der Waals surface area (Å²) in [7, 11) is 0. The summed E-state index contributed by atoms with van der Waals surface area (Å²) in [5.74, 6) is 1.78. The van der Waals surface area contributed by atoms with Crippen LogP contribution in [0.5, 0.6) is 0 Å². The smallest absolute Gasteiger partial charge is 0.247 e. The van der Waals surface area contributed by atoms with Gasteiger partial charge >= 0.3 is 0 Å². The summed E-state index contributed by atoms with van der Waals surface area (Å²) in [4.78, 5) is 20.5. The first-order valence-corrected chi connectivity index (χ1v) is 10.1. The van der Waals surface area contributed by atoms with Gasteiger partial charge in [-0.05, 0) is 37.1 Å². The van der Waals surface area contributed by atoms with Crippen LogP contribution in [-0.4, -0.2) is 26.1 Å². The Labute approximate surface area is 174 Å². The lowest BCUT2D eigenvalue weighted by Gasteiger charge is -2.20. The van der Waals surface area contributed by atoms with Crippen LogP contribution in [0.4, 0.5) is 0 Å². The highest BCUT2D eigenvalue weighted by atomic mass is 16.4. The highest BCUT2D eigenvalue weighted by Crippen LogP contribution is 2.23. The summed E-state index contributed by atoms with van der Waals surface area (Å²) in [6.45, 7) is 6.14. The van der Waals surface area contributed by atoms with Crippen LogP contribution in [0.2, 0.25) is 0 Å². The molecule has 4 rings (SSSR count). The SMILES string of the molecule is Cc1ccc(-c2nnc(CCC(=O)N[C@H](c3nc4ccccc4[nH]3)C(C)C)o2)cc1. The van der Waals surface area contributed by atoms with E-state index in [1.54, 1.807) is 0 Å². The largest absolute Gasteiger partial charge is 0.421 e. The minimum atomic E-state index is -0.198. The van der Waals surface area contributed by atoms with E-state index in [2.05, 4.69) is 39.3 Å². The number of H-pyrrole nitrogens is 1. The zero-order valence-corrected chi connectivity index (χ0v) is 17.3. The third kappa shape index (κ3) is 4.40. The van der Waals surface area contributed by atoms with Crippen molar-refractivity contribution in [3.8, 4) is 11.5 Å². The molecule has 0 fully saturated rings. The Hall–Kier alpha value is -3.48. The number of amides is 1. The Balaban J connectivity index is 1.39. The molecule has 2 heterocycles. The lowest BCUT2D eigenvalue weighted by atomic mass is 10.0. The van der Waals surface area contributed by atoms with E-state index in [9.17, 15) is 4.79 Å². The zero-order valence-electron chi connectivity index (χ0n) is 17.3. The number of hydrogen-bond donors (Lipinski definition) is 2. The number of nitrogens with one attached hydrogen (secondary N) is 2. The number of imidazole rings is 1. The predicted molar refractivity (Wildman–Crippen MR) is 115 cm³/mol. The molecule has 1 atom stereocenters. The Kier molecular flexibility index (Phi) is 5.61. The predicted octanol–water partition coefficient (Wildman–Crippen LogP) is 4.37. The van der Waals surface area contributed by atoms with Crippen LogP contribution in [-0.2, 0) is 11.2 Å². The van der Waals surface area contributed by atoms with E-state index in [0.717, 1.165) is 22.4 Å². The standard InChI is InChI=1S/C23H25N5O2/c1-14(2)21(22-24-17-6-4-5-7-18(17)25-22)26-19(29)12-13-20-27-28-23(30-20)16-10-8-15(3)9-11-16/h4-11,14,21H,12-13H2,1-3H3,(H,24,25)(H,26,29)/t21-/m0/s1. The monoisotopic (exact) mass is 403 g/mol. The molecule has 4 aromatic rings. The van der Waals surface area contributed by atoms with Gasteiger partial charge in [-0.3, -0.25) is 4.79 Å². The molecule has 0 saturated heterocycles. The Morgan fingerprint density at radius 1 is 1.10 bits per heavy atom. The normalized spacial score (nSPS) is 12.4. The molecule has 0 bridgehead atoms. The molecule has 0 aliphatic heterocycles. The van der Waals surface area contributed by atoms with Crippen molar-refractivity contribution in [1.82, 2.24) is 25.5 Å². The van der Waals surface area contributed by atoms with E-state index >= 15 is 0 Å². The maximum absolute atomic E-state index is 12.6. The number of hydrogen-bond acceptors (Lipinski definition) is 5. The molecular weight excluding hydrogens is 378 g/mol. The molecule has 2 N–H and O–H groups in total. The molecule has 0 spiro atoms. The quantitative estimate of drug-likeness (QED) is 0.478. The molecule has 2 aromatic carbocycles. The van der Waals surface area contributed by atoms with Crippen LogP contribution in [0, 0.1) is 12.8 Å². The van der Waals surface area contributed by atoms with Crippen molar-refractivity contribution < 1.29 is 9.21 Å². The summed E-state index contributed by atoms with van der Waals surface area (Å²) >= 11 is 0. The Morgan fingerprint density at radius 2 is 1.87 bits per heavy atom. The van der Waals surface area contributed by atoms with Gasteiger partial charge in [0.25, 0.3) is 0 Å². The van der Waals surface area contributed by atoms with Crippen LogP contribution in [0.3, 0.4) is 0 Å². The van der Waals surface area contributed by atoms with E-state index in [1.807, 2.05) is 55.5 Å². The van der Waals surface area contributed by atoms with Gasteiger partial charge in [0.1, 0.15) is 5.82 Å². The average molecular weight is 403 g/mol. The van der Waals surface area contributed by atoms with Gasteiger partial charge < -0.3 is 14.7 Å². The molecule has 154 valence electrons. The first-order chi connectivity index (χ1) is 14.5. The zero-order chi connectivity index (χ0) is 21.1. The van der Waals surface area contributed by atoms with Crippen molar-refractivity contribution in [2.75, 3.05) is 0 Å². The van der Waals surface area contributed by atoms with E-state index in [-0.39, 0.29) is 24.3 Å². The fraction of sp³-hybridized carbons (Fsp3) is 0.304. The maximum atomic E-state index is 12.6. The topological polar surface area (TPSA) is 96.7 Å². The number of benzene rings is 2. The molecule has 0 aliphatic rings. The summed E-state index contributed by atoms with van der Waals surface area (Å²) < 4.78 is 5.72. The third-order valence-electron chi connectivity index (χ3n) is 5.02. The summed E-state index contributed by atoms with van der Waals surface area (Å²) in [5.41, 5.74) is 3.89. The lowest BCUT2D eigenvalue weighted by molar-refractivity contribution is -0.122. The van der Waals surface area contributed by atoms with Crippen LogP contribution in [0.25, 0.3) is 22.5 Å². The van der Waals surface area contributed by atoms with Crippen molar-refractivity contribution in [2.24, 2.45) is 5.92 Å². The van der Waals surface area contributed by atoms with E-state index in [4.69, 9.17) is 4.42 Å². The molecule has 0 saturated carbocycles. The van der Waals surface area contributed by atoms with Crippen molar-refractivity contribution in [3.63, 3.8) is 0 Å². The molecule has 7 heteroatoms. The van der Waals surface area contributed by atoms with Gasteiger partial charge in [0.05, 0.1) is 17.1 Å². The van der Waals surface area contributed by atoms with E-state index in [1.165, 1.54) is 5.56 Å². The van der Waals surface area contributed by atoms with Crippen LogP contribution >= 0.6 is 0 Å². The van der Waals surface area contributed by atoms with Gasteiger partial charge in [0, 0.05) is 18.4 Å². The number of aromatic amines is 1. The highest BCUT2D eigenvalue weighted by molar-refractivity contribution is 5.77. The number of carbonyl (C=O) groups excluding carboxylic acids is 1. The van der Waals surface area contributed by atoms with Crippen molar-refractivity contribution in [3.05, 3.63) is 65.8 Å². The molecule has 7 nitrogen and oxygen atoms in total. The summed E-state index contributed by atoms with van der Waals surface area (Å²) in [6, 6.07) is 15.5. The first kappa shape index (κ1) is 19.8. The number of nitrogens with zero attached hydrogens (tertiary/aromatic N) is 3. The second-order valence-electron chi connectivity index (χ2n) is 7.80. The van der Waals surface area contributed by atoms with Gasteiger partial charge in [-0.1, -0.05) is 43.7 Å². The van der Waals surface area contributed by atoms with Crippen LogP contribution < -0.4 is 5.32 Å². The maximum Gasteiger partial charge on any atom is 0.247 e. The van der Waals surface area contributed by atoms with Gasteiger partial charge in [-0.25, -0.2) is 4.98 Å². The molecule has 0 aliphatic carbocycles. The first-order valence-electron chi connectivity index (χ1n) is 10.1.